The summed E-state index contributed by atoms with van der Waals surface area (Å²) in [6.45, 7) is 3.20. The second-order valence-corrected chi connectivity index (χ2v) is 5.11. The van der Waals surface area contributed by atoms with Gasteiger partial charge in [0.1, 0.15) is 0 Å². The predicted molar refractivity (Wildman–Crippen MR) is 64.7 cm³/mol. The highest BCUT2D eigenvalue weighted by Crippen LogP contribution is 2.42. The Morgan fingerprint density at radius 2 is 2.27 bits per heavy atom. The van der Waals surface area contributed by atoms with Crippen LogP contribution in [0.3, 0.4) is 0 Å². The number of rotatable bonds is 3. The molecule has 2 atom stereocenters. The highest BCUT2D eigenvalue weighted by atomic mass is 79.9. The average Bonchev–Trinajstić information content (AvgIpc) is 2.93. The van der Waals surface area contributed by atoms with Crippen molar-refractivity contribution in [2.24, 2.45) is 11.8 Å². The standard InChI is InChI=1S/C11H15BrN2O/c1-2-7-3-8(7)4-14-5-9(12)11(15)10(13)6-14/h5-8H,2-4,13H2,1H3. The van der Waals surface area contributed by atoms with E-state index in [0.29, 0.717) is 10.2 Å². The lowest BCUT2D eigenvalue weighted by Gasteiger charge is -2.07. The lowest BCUT2D eigenvalue weighted by atomic mass is 10.2. The van der Waals surface area contributed by atoms with E-state index in [0.717, 1.165) is 18.4 Å². The summed E-state index contributed by atoms with van der Waals surface area (Å²) in [5.74, 6) is 1.63. The highest BCUT2D eigenvalue weighted by molar-refractivity contribution is 9.10. The Balaban J connectivity index is 2.13. The Morgan fingerprint density at radius 1 is 1.53 bits per heavy atom. The molecule has 4 heteroatoms. The van der Waals surface area contributed by atoms with E-state index in [1.165, 1.54) is 12.8 Å². The third-order valence-corrected chi connectivity index (χ3v) is 3.67. The van der Waals surface area contributed by atoms with Crippen LogP contribution in [0, 0.1) is 11.8 Å². The summed E-state index contributed by atoms with van der Waals surface area (Å²) >= 11 is 3.23. The maximum atomic E-state index is 11.4. The lowest BCUT2D eigenvalue weighted by molar-refractivity contribution is 0.567. The van der Waals surface area contributed by atoms with E-state index in [-0.39, 0.29) is 5.43 Å². The molecule has 1 aliphatic rings. The number of pyridine rings is 1. The molecular formula is C11H15BrN2O. The van der Waals surface area contributed by atoms with Crippen LogP contribution in [-0.2, 0) is 6.54 Å². The van der Waals surface area contributed by atoms with Gasteiger partial charge in [-0.1, -0.05) is 13.3 Å². The fraction of sp³-hybridized carbons (Fsp3) is 0.545. The highest BCUT2D eigenvalue weighted by Gasteiger charge is 2.35. The number of anilines is 1. The van der Waals surface area contributed by atoms with Crippen LogP contribution < -0.4 is 11.2 Å². The van der Waals surface area contributed by atoms with Crippen molar-refractivity contribution in [1.82, 2.24) is 4.57 Å². The van der Waals surface area contributed by atoms with Gasteiger partial charge in [0.25, 0.3) is 0 Å². The molecular weight excluding hydrogens is 256 g/mol. The van der Waals surface area contributed by atoms with Gasteiger partial charge in [-0.2, -0.15) is 0 Å². The van der Waals surface area contributed by atoms with Crippen LogP contribution in [0.4, 0.5) is 5.69 Å². The van der Waals surface area contributed by atoms with Crippen molar-refractivity contribution >= 4 is 21.6 Å². The van der Waals surface area contributed by atoms with Crippen LogP contribution in [0.5, 0.6) is 0 Å². The molecule has 1 aliphatic carbocycles. The molecule has 1 aromatic heterocycles. The van der Waals surface area contributed by atoms with Gasteiger partial charge >= 0.3 is 0 Å². The predicted octanol–water partition coefficient (Wildman–Crippen LogP) is 2.24. The Morgan fingerprint density at radius 3 is 2.80 bits per heavy atom. The van der Waals surface area contributed by atoms with Crippen LogP contribution in [0.1, 0.15) is 19.8 Å². The lowest BCUT2D eigenvalue weighted by Crippen LogP contribution is -2.13. The molecule has 0 amide bonds. The number of hydrogen-bond acceptors (Lipinski definition) is 2. The molecule has 2 unspecified atom stereocenters. The van der Waals surface area contributed by atoms with Crippen molar-refractivity contribution in [1.29, 1.82) is 0 Å². The van der Waals surface area contributed by atoms with Gasteiger partial charge < -0.3 is 10.3 Å². The Kier molecular flexibility index (Phi) is 2.87. The summed E-state index contributed by atoms with van der Waals surface area (Å²) in [5, 5.41) is 0. The quantitative estimate of drug-likeness (QED) is 0.916. The molecule has 0 bridgehead atoms. The molecule has 0 aliphatic heterocycles. The molecule has 1 heterocycles. The molecule has 3 nitrogen and oxygen atoms in total. The zero-order chi connectivity index (χ0) is 11.0. The van der Waals surface area contributed by atoms with E-state index < -0.39 is 0 Å². The molecule has 1 fully saturated rings. The fourth-order valence-corrected chi connectivity index (χ4v) is 2.52. The molecule has 0 spiro atoms. The van der Waals surface area contributed by atoms with Crippen molar-refractivity contribution in [3.8, 4) is 0 Å². The van der Waals surface area contributed by atoms with Crippen LogP contribution in [0.15, 0.2) is 21.7 Å². The third kappa shape index (κ3) is 2.25. The molecule has 82 valence electrons. The molecule has 0 saturated heterocycles. The Labute approximate surface area is 97.4 Å². The zero-order valence-electron chi connectivity index (χ0n) is 8.74. The topological polar surface area (TPSA) is 48.0 Å². The SMILES string of the molecule is CCC1CC1Cn1cc(N)c(=O)c(Br)c1. The summed E-state index contributed by atoms with van der Waals surface area (Å²) in [6.07, 6.45) is 6.11. The largest absolute Gasteiger partial charge is 0.394 e. The smallest absolute Gasteiger partial charge is 0.218 e. The van der Waals surface area contributed by atoms with E-state index in [2.05, 4.69) is 22.9 Å². The first-order valence-corrected chi connectivity index (χ1v) is 6.06. The molecule has 1 aromatic rings. The van der Waals surface area contributed by atoms with Crippen molar-refractivity contribution in [3.05, 3.63) is 27.1 Å². The van der Waals surface area contributed by atoms with Crippen molar-refractivity contribution in [3.63, 3.8) is 0 Å². The molecule has 0 radical (unpaired) electrons. The van der Waals surface area contributed by atoms with E-state index in [1.54, 1.807) is 6.20 Å². The number of halogens is 1. The Hall–Kier alpha value is -0.770. The van der Waals surface area contributed by atoms with Crippen LogP contribution in [0.25, 0.3) is 0 Å². The summed E-state index contributed by atoms with van der Waals surface area (Å²) < 4.78 is 2.57. The molecule has 1 saturated carbocycles. The van der Waals surface area contributed by atoms with Gasteiger partial charge in [-0.15, -0.1) is 0 Å². The fourth-order valence-electron chi connectivity index (χ4n) is 2.03. The van der Waals surface area contributed by atoms with Crippen molar-refractivity contribution in [2.45, 2.75) is 26.3 Å². The molecule has 2 N–H and O–H groups in total. The third-order valence-electron chi connectivity index (χ3n) is 3.10. The van der Waals surface area contributed by atoms with Crippen LogP contribution in [-0.4, -0.2) is 4.57 Å². The Bertz CT molecular complexity index is 401. The van der Waals surface area contributed by atoms with E-state index in [9.17, 15) is 4.79 Å². The second-order valence-electron chi connectivity index (χ2n) is 4.25. The summed E-state index contributed by atoms with van der Waals surface area (Å²) in [5.41, 5.74) is 5.82. The maximum absolute atomic E-state index is 11.4. The number of nitrogens with two attached hydrogens (primary N) is 1. The van der Waals surface area contributed by atoms with Crippen molar-refractivity contribution < 1.29 is 0 Å². The summed E-state index contributed by atoms with van der Waals surface area (Å²) in [7, 11) is 0. The first kappa shape index (κ1) is 10.7. The van der Waals surface area contributed by atoms with Gasteiger partial charge in [0.15, 0.2) is 0 Å². The average molecular weight is 271 g/mol. The summed E-state index contributed by atoms with van der Waals surface area (Å²) in [4.78, 5) is 11.4. The van der Waals surface area contributed by atoms with E-state index in [1.807, 2.05) is 10.8 Å². The molecule has 2 rings (SSSR count). The van der Waals surface area contributed by atoms with E-state index in [4.69, 9.17) is 5.73 Å². The van der Waals surface area contributed by atoms with Gasteiger partial charge in [-0.25, -0.2) is 0 Å². The van der Waals surface area contributed by atoms with Gasteiger partial charge in [0.2, 0.25) is 5.43 Å². The monoisotopic (exact) mass is 270 g/mol. The number of nitrogens with zero attached hydrogens (tertiary/aromatic N) is 1. The minimum Gasteiger partial charge on any atom is -0.394 e. The van der Waals surface area contributed by atoms with E-state index >= 15 is 0 Å². The minimum absolute atomic E-state index is 0.117. The molecule has 15 heavy (non-hydrogen) atoms. The normalized spacial score (nSPS) is 24.1. The number of nitrogen functional groups attached to an aromatic ring is 1. The van der Waals surface area contributed by atoms with Crippen LogP contribution >= 0.6 is 15.9 Å². The minimum atomic E-state index is -0.117. The zero-order valence-corrected chi connectivity index (χ0v) is 10.3. The first-order valence-electron chi connectivity index (χ1n) is 5.27. The van der Waals surface area contributed by atoms with Crippen LogP contribution in [0.2, 0.25) is 0 Å². The van der Waals surface area contributed by atoms with Gasteiger partial charge in [-0.3, -0.25) is 4.79 Å². The molecule has 0 aromatic carbocycles. The second kappa shape index (κ2) is 4.00. The first-order chi connectivity index (χ1) is 7.11. The number of hydrogen-bond donors (Lipinski definition) is 1. The van der Waals surface area contributed by atoms with Crippen molar-refractivity contribution in [2.75, 3.05) is 5.73 Å². The van der Waals surface area contributed by atoms with Gasteiger partial charge in [0, 0.05) is 18.9 Å². The summed E-state index contributed by atoms with van der Waals surface area (Å²) in [6, 6.07) is 0. The van der Waals surface area contributed by atoms with Gasteiger partial charge in [0.05, 0.1) is 10.2 Å². The maximum Gasteiger partial charge on any atom is 0.218 e. The van der Waals surface area contributed by atoms with Gasteiger partial charge in [-0.05, 0) is 34.2 Å². The number of aromatic nitrogens is 1.